The second kappa shape index (κ2) is 11.5. The van der Waals surface area contributed by atoms with Crippen molar-refractivity contribution >= 4 is 63.0 Å². The Morgan fingerprint density at radius 1 is 0.842 bits per heavy atom. The SMILES string of the molecule is CCOc1cc(/C=C2\SC(=O)N(Cc3ccc4ccccc4c3)C2=O)ccc1OCc1c(Cl)cccc1Cl. The van der Waals surface area contributed by atoms with Gasteiger partial charge >= 0.3 is 0 Å². The first-order valence-corrected chi connectivity index (χ1v) is 13.6. The minimum Gasteiger partial charge on any atom is -0.490 e. The largest absolute Gasteiger partial charge is 0.490 e. The molecule has 4 aromatic carbocycles. The van der Waals surface area contributed by atoms with Crippen molar-refractivity contribution < 1.29 is 19.1 Å². The summed E-state index contributed by atoms with van der Waals surface area (Å²) in [5.74, 6) is 0.712. The third-order valence-corrected chi connectivity index (χ3v) is 7.64. The van der Waals surface area contributed by atoms with Gasteiger partial charge in [-0.25, -0.2) is 0 Å². The van der Waals surface area contributed by atoms with Crippen LogP contribution in [0, 0.1) is 0 Å². The molecule has 8 heteroatoms. The number of carbonyl (C=O) groups excluding carboxylic acids is 2. The molecule has 0 aliphatic carbocycles. The molecule has 2 amide bonds. The number of carbonyl (C=O) groups is 2. The Labute approximate surface area is 234 Å². The molecule has 192 valence electrons. The molecule has 1 aliphatic heterocycles. The van der Waals surface area contributed by atoms with Crippen LogP contribution in [0.5, 0.6) is 11.5 Å². The van der Waals surface area contributed by atoms with E-state index < -0.39 is 0 Å². The van der Waals surface area contributed by atoms with Gasteiger partial charge in [-0.2, -0.15) is 0 Å². The smallest absolute Gasteiger partial charge is 0.293 e. The number of nitrogens with zero attached hydrogens (tertiary/aromatic N) is 1. The summed E-state index contributed by atoms with van der Waals surface area (Å²) in [4.78, 5) is 27.5. The van der Waals surface area contributed by atoms with Crippen LogP contribution in [0.4, 0.5) is 4.79 Å². The summed E-state index contributed by atoms with van der Waals surface area (Å²) in [6.07, 6.45) is 1.70. The Kier molecular flexibility index (Phi) is 7.93. The average Bonchev–Trinajstić information content (AvgIpc) is 3.16. The first-order valence-electron chi connectivity index (χ1n) is 12.0. The number of imide groups is 1. The highest BCUT2D eigenvalue weighted by atomic mass is 35.5. The van der Waals surface area contributed by atoms with Gasteiger partial charge in [-0.15, -0.1) is 0 Å². The van der Waals surface area contributed by atoms with Crippen molar-refractivity contribution in [3.05, 3.63) is 111 Å². The molecule has 0 aromatic heterocycles. The Balaban J connectivity index is 1.33. The lowest BCUT2D eigenvalue weighted by Gasteiger charge is -2.14. The van der Waals surface area contributed by atoms with Crippen LogP contribution >= 0.6 is 35.0 Å². The number of fused-ring (bicyclic) bond motifs is 1. The maximum atomic E-state index is 13.1. The molecule has 1 fully saturated rings. The van der Waals surface area contributed by atoms with E-state index in [4.69, 9.17) is 32.7 Å². The number of benzene rings is 4. The van der Waals surface area contributed by atoms with Gasteiger partial charge in [0.25, 0.3) is 11.1 Å². The van der Waals surface area contributed by atoms with Crippen LogP contribution in [0.15, 0.2) is 83.8 Å². The maximum Gasteiger partial charge on any atom is 0.293 e. The van der Waals surface area contributed by atoms with E-state index in [1.807, 2.05) is 55.5 Å². The van der Waals surface area contributed by atoms with Crippen molar-refractivity contribution in [2.75, 3.05) is 6.61 Å². The van der Waals surface area contributed by atoms with Gasteiger partial charge in [0.05, 0.1) is 18.1 Å². The van der Waals surface area contributed by atoms with E-state index in [1.165, 1.54) is 4.90 Å². The Hall–Kier alpha value is -3.45. The van der Waals surface area contributed by atoms with Crippen LogP contribution in [0.2, 0.25) is 10.0 Å². The van der Waals surface area contributed by atoms with Crippen molar-refractivity contribution in [2.45, 2.75) is 20.1 Å². The van der Waals surface area contributed by atoms with Crippen molar-refractivity contribution in [1.82, 2.24) is 4.90 Å². The lowest BCUT2D eigenvalue weighted by molar-refractivity contribution is -0.123. The van der Waals surface area contributed by atoms with Crippen LogP contribution in [0.25, 0.3) is 16.8 Å². The van der Waals surface area contributed by atoms with Gasteiger partial charge in [-0.1, -0.05) is 71.7 Å². The zero-order chi connectivity index (χ0) is 26.6. The standard InChI is InChI=1S/C30H23Cl2NO4S/c1-2-36-27-15-19(11-13-26(27)37-18-23-24(31)8-5-9-25(23)32)16-28-29(34)33(30(35)38-28)17-20-10-12-21-6-3-4-7-22(21)14-20/h3-16H,2,17-18H2,1H3/b28-16-. The second-order valence-corrected chi connectivity index (χ2v) is 10.4. The molecule has 0 bridgehead atoms. The second-order valence-electron chi connectivity index (χ2n) is 8.58. The topological polar surface area (TPSA) is 55.8 Å². The van der Waals surface area contributed by atoms with Crippen LogP contribution in [-0.4, -0.2) is 22.7 Å². The molecule has 0 atom stereocenters. The molecule has 38 heavy (non-hydrogen) atoms. The lowest BCUT2D eigenvalue weighted by Crippen LogP contribution is -2.27. The fraction of sp³-hybridized carbons (Fsp3) is 0.133. The zero-order valence-electron chi connectivity index (χ0n) is 20.4. The molecule has 0 radical (unpaired) electrons. The molecule has 0 N–H and O–H groups in total. The van der Waals surface area contributed by atoms with Crippen LogP contribution in [0.3, 0.4) is 0 Å². The normalized spacial score (nSPS) is 14.5. The first-order chi connectivity index (χ1) is 18.4. The fourth-order valence-corrected chi connectivity index (χ4v) is 5.47. The van der Waals surface area contributed by atoms with Gasteiger partial charge < -0.3 is 9.47 Å². The summed E-state index contributed by atoms with van der Waals surface area (Å²) in [5.41, 5.74) is 2.29. The number of rotatable bonds is 8. The van der Waals surface area contributed by atoms with Gasteiger partial charge in [0.2, 0.25) is 0 Å². The molecule has 1 saturated heterocycles. The molecule has 1 aliphatic rings. The number of hydrogen-bond acceptors (Lipinski definition) is 5. The minimum absolute atomic E-state index is 0.172. The minimum atomic E-state index is -0.320. The van der Waals surface area contributed by atoms with Crippen LogP contribution in [-0.2, 0) is 17.9 Å². The summed E-state index contributed by atoms with van der Waals surface area (Å²) in [5, 5.41) is 2.92. The monoisotopic (exact) mass is 563 g/mol. The predicted octanol–water partition coefficient (Wildman–Crippen LogP) is 8.36. The highest BCUT2D eigenvalue weighted by Crippen LogP contribution is 2.36. The van der Waals surface area contributed by atoms with Crippen LogP contribution in [0.1, 0.15) is 23.6 Å². The van der Waals surface area contributed by atoms with Gasteiger partial charge in [0, 0.05) is 15.6 Å². The summed E-state index contributed by atoms with van der Waals surface area (Å²) >= 11 is 13.5. The van der Waals surface area contributed by atoms with E-state index in [0.717, 1.165) is 28.1 Å². The molecule has 1 heterocycles. The van der Waals surface area contributed by atoms with Crippen molar-refractivity contribution in [3.63, 3.8) is 0 Å². The van der Waals surface area contributed by atoms with Gasteiger partial charge in [-0.3, -0.25) is 14.5 Å². The quantitative estimate of drug-likeness (QED) is 0.201. The lowest BCUT2D eigenvalue weighted by atomic mass is 10.1. The Morgan fingerprint density at radius 3 is 2.37 bits per heavy atom. The highest BCUT2D eigenvalue weighted by molar-refractivity contribution is 8.18. The molecule has 0 spiro atoms. The maximum absolute atomic E-state index is 13.1. The van der Waals surface area contributed by atoms with E-state index in [2.05, 4.69) is 0 Å². The van der Waals surface area contributed by atoms with Crippen molar-refractivity contribution in [3.8, 4) is 11.5 Å². The number of ether oxygens (including phenoxy) is 2. The molecule has 4 aromatic rings. The van der Waals surface area contributed by atoms with Crippen molar-refractivity contribution in [2.24, 2.45) is 0 Å². The van der Waals surface area contributed by atoms with E-state index >= 15 is 0 Å². The summed E-state index contributed by atoms with van der Waals surface area (Å²) in [7, 11) is 0. The van der Waals surface area contributed by atoms with E-state index in [-0.39, 0.29) is 24.3 Å². The van der Waals surface area contributed by atoms with E-state index in [1.54, 1.807) is 36.4 Å². The van der Waals surface area contributed by atoms with Crippen molar-refractivity contribution in [1.29, 1.82) is 0 Å². The van der Waals surface area contributed by atoms with Gasteiger partial charge in [-0.05, 0) is 77.0 Å². The summed E-state index contributed by atoms with van der Waals surface area (Å²) in [6, 6.07) is 24.6. The summed E-state index contributed by atoms with van der Waals surface area (Å²) in [6.45, 7) is 2.69. The third kappa shape index (κ3) is 5.68. The van der Waals surface area contributed by atoms with Crippen LogP contribution < -0.4 is 9.47 Å². The van der Waals surface area contributed by atoms with E-state index in [0.29, 0.717) is 44.2 Å². The molecule has 5 rings (SSSR count). The molecular weight excluding hydrogens is 541 g/mol. The predicted molar refractivity (Wildman–Crippen MR) is 154 cm³/mol. The zero-order valence-corrected chi connectivity index (χ0v) is 22.8. The molecule has 5 nitrogen and oxygen atoms in total. The summed E-state index contributed by atoms with van der Waals surface area (Å²) < 4.78 is 11.8. The Morgan fingerprint density at radius 2 is 1.61 bits per heavy atom. The molecule has 0 saturated carbocycles. The van der Waals surface area contributed by atoms with Gasteiger partial charge in [0.15, 0.2) is 11.5 Å². The number of thioether (sulfide) groups is 1. The number of hydrogen-bond donors (Lipinski definition) is 0. The van der Waals surface area contributed by atoms with E-state index in [9.17, 15) is 9.59 Å². The third-order valence-electron chi connectivity index (χ3n) is 6.03. The van der Waals surface area contributed by atoms with Gasteiger partial charge in [0.1, 0.15) is 6.61 Å². The number of halogens is 2. The average molecular weight is 564 g/mol. The first kappa shape index (κ1) is 26.2. The molecule has 0 unspecified atom stereocenters. The highest BCUT2D eigenvalue weighted by Gasteiger charge is 2.35. The number of amides is 2. The Bertz CT molecular complexity index is 1550. The molecular formula is C30H23Cl2NO4S. The fourth-order valence-electron chi connectivity index (χ4n) is 4.13.